The van der Waals surface area contributed by atoms with Crippen LogP contribution in [0.5, 0.6) is 5.75 Å². The third-order valence-corrected chi connectivity index (χ3v) is 3.55. The first kappa shape index (κ1) is 17.3. The number of rotatable bonds is 6. The first-order chi connectivity index (χ1) is 11.5. The lowest BCUT2D eigenvalue weighted by Gasteiger charge is -2.06. The van der Waals surface area contributed by atoms with Gasteiger partial charge >= 0.3 is 5.97 Å². The molecule has 1 N–H and O–H groups in total. The monoisotopic (exact) mass is 326 g/mol. The van der Waals surface area contributed by atoms with Crippen LogP contribution in [-0.4, -0.2) is 30.0 Å². The van der Waals surface area contributed by atoms with E-state index in [1.54, 1.807) is 45.0 Å². The summed E-state index contributed by atoms with van der Waals surface area (Å²) in [5, 5.41) is 8.76. The molecule has 0 amide bonds. The van der Waals surface area contributed by atoms with Crippen LogP contribution in [0.1, 0.15) is 44.6 Å². The van der Waals surface area contributed by atoms with Crippen molar-refractivity contribution in [2.24, 2.45) is 0 Å². The van der Waals surface area contributed by atoms with Crippen molar-refractivity contribution in [2.45, 2.75) is 20.8 Å². The molecule has 24 heavy (non-hydrogen) atoms. The van der Waals surface area contributed by atoms with Gasteiger partial charge in [0.05, 0.1) is 18.2 Å². The van der Waals surface area contributed by atoms with Gasteiger partial charge in [-0.2, -0.15) is 5.26 Å². The zero-order chi connectivity index (χ0) is 17.7. The quantitative estimate of drug-likeness (QED) is 0.651. The number of ketones is 1. The molecule has 0 bridgehead atoms. The maximum atomic E-state index is 12.4. The molecule has 0 unspecified atom stereocenters. The summed E-state index contributed by atoms with van der Waals surface area (Å²) in [6, 6.07) is 8.51. The van der Waals surface area contributed by atoms with Crippen LogP contribution in [0.25, 0.3) is 0 Å². The number of Topliss-reactive ketones (excluding diaryl/α,β-unsaturated/α-hetero) is 1. The number of carbonyl (C=O) groups is 2. The second-order valence-electron chi connectivity index (χ2n) is 5.19. The summed E-state index contributed by atoms with van der Waals surface area (Å²) < 4.78 is 10.4. The Morgan fingerprint density at radius 2 is 1.88 bits per heavy atom. The van der Waals surface area contributed by atoms with Gasteiger partial charge in [0, 0.05) is 11.3 Å². The lowest BCUT2D eigenvalue weighted by molar-refractivity contribution is 0.0519. The van der Waals surface area contributed by atoms with Crippen LogP contribution in [0.2, 0.25) is 0 Å². The number of carbonyl (C=O) groups excluding carboxylic acids is 2. The molecule has 0 atom stereocenters. The number of ether oxygens (including phenoxy) is 2. The second-order valence-corrected chi connectivity index (χ2v) is 5.19. The van der Waals surface area contributed by atoms with E-state index >= 15 is 0 Å². The van der Waals surface area contributed by atoms with Crippen LogP contribution in [-0.2, 0) is 4.74 Å². The van der Waals surface area contributed by atoms with Gasteiger partial charge in [0.2, 0.25) is 5.78 Å². The molecule has 6 nitrogen and oxygen atoms in total. The molecule has 0 aliphatic rings. The lowest BCUT2D eigenvalue weighted by Crippen LogP contribution is -2.13. The average Bonchev–Trinajstić information content (AvgIpc) is 2.88. The molecule has 6 heteroatoms. The SMILES string of the molecule is CCOC(=O)c1[nH]c(C)c(C(=O)COc2ccc(C#N)cc2)c1C. The van der Waals surface area contributed by atoms with Crippen LogP contribution in [0, 0.1) is 25.2 Å². The zero-order valence-electron chi connectivity index (χ0n) is 13.8. The number of nitrogens with zero attached hydrogens (tertiary/aromatic N) is 1. The molecular formula is C18H18N2O4. The number of hydrogen-bond acceptors (Lipinski definition) is 5. The Hall–Kier alpha value is -3.07. The number of nitrogens with one attached hydrogen (secondary N) is 1. The maximum Gasteiger partial charge on any atom is 0.355 e. The molecular weight excluding hydrogens is 308 g/mol. The van der Waals surface area contributed by atoms with Gasteiger partial charge in [-0.15, -0.1) is 0 Å². The van der Waals surface area contributed by atoms with Crippen molar-refractivity contribution in [1.82, 2.24) is 4.98 Å². The van der Waals surface area contributed by atoms with Crippen LogP contribution in [0.3, 0.4) is 0 Å². The average molecular weight is 326 g/mol. The Kier molecular flexibility index (Phi) is 5.38. The third-order valence-electron chi connectivity index (χ3n) is 3.55. The summed E-state index contributed by atoms with van der Waals surface area (Å²) in [5.74, 6) is -0.217. The highest BCUT2D eigenvalue weighted by atomic mass is 16.5. The smallest absolute Gasteiger partial charge is 0.355 e. The van der Waals surface area contributed by atoms with E-state index in [-0.39, 0.29) is 24.7 Å². The van der Waals surface area contributed by atoms with E-state index in [0.29, 0.717) is 28.1 Å². The summed E-state index contributed by atoms with van der Waals surface area (Å²) in [4.78, 5) is 27.2. The minimum Gasteiger partial charge on any atom is -0.485 e. The second kappa shape index (κ2) is 7.47. The van der Waals surface area contributed by atoms with Gasteiger partial charge in [-0.05, 0) is 50.6 Å². The molecule has 0 aliphatic carbocycles. The number of aromatic nitrogens is 1. The highest BCUT2D eigenvalue weighted by Crippen LogP contribution is 2.20. The minimum atomic E-state index is -0.481. The molecule has 2 aromatic rings. The number of aromatic amines is 1. The van der Waals surface area contributed by atoms with E-state index in [0.717, 1.165) is 0 Å². The Balaban J connectivity index is 2.12. The zero-order valence-corrected chi connectivity index (χ0v) is 13.8. The van der Waals surface area contributed by atoms with Gasteiger partial charge in [-0.25, -0.2) is 4.79 Å². The summed E-state index contributed by atoms with van der Waals surface area (Å²) in [6.45, 7) is 5.25. The normalized spacial score (nSPS) is 10.1. The maximum absolute atomic E-state index is 12.4. The van der Waals surface area contributed by atoms with Gasteiger partial charge in [0.25, 0.3) is 0 Å². The molecule has 1 heterocycles. The number of benzene rings is 1. The van der Waals surface area contributed by atoms with E-state index in [1.807, 2.05) is 6.07 Å². The first-order valence-corrected chi connectivity index (χ1v) is 7.50. The number of nitriles is 1. The molecule has 1 aromatic carbocycles. The van der Waals surface area contributed by atoms with E-state index in [1.165, 1.54) is 0 Å². The Labute approximate surface area is 140 Å². The predicted octanol–water partition coefficient (Wildman–Crippen LogP) is 2.94. The van der Waals surface area contributed by atoms with E-state index in [9.17, 15) is 9.59 Å². The number of esters is 1. The molecule has 0 saturated carbocycles. The van der Waals surface area contributed by atoms with Gasteiger partial charge in [-0.1, -0.05) is 0 Å². The molecule has 2 rings (SSSR count). The van der Waals surface area contributed by atoms with Crippen molar-refractivity contribution in [3.63, 3.8) is 0 Å². The third kappa shape index (κ3) is 3.63. The Morgan fingerprint density at radius 1 is 1.21 bits per heavy atom. The van der Waals surface area contributed by atoms with Crippen LogP contribution >= 0.6 is 0 Å². The van der Waals surface area contributed by atoms with Gasteiger partial charge in [-0.3, -0.25) is 4.79 Å². The van der Waals surface area contributed by atoms with E-state index in [4.69, 9.17) is 14.7 Å². The molecule has 0 spiro atoms. The Bertz CT molecular complexity index is 798. The van der Waals surface area contributed by atoms with Crippen LogP contribution < -0.4 is 4.74 Å². The molecule has 0 fully saturated rings. The van der Waals surface area contributed by atoms with Gasteiger partial charge in [0.15, 0.2) is 6.61 Å². The number of aryl methyl sites for hydroxylation is 1. The minimum absolute atomic E-state index is 0.159. The summed E-state index contributed by atoms with van der Waals surface area (Å²) >= 11 is 0. The fourth-order valence-electron chi connectivity index (χ4n) is 2.42. The molecule has 0 saturated heterocycles. The molecule has 0 aliphatic heterocycles. The number of H-pyrrole nitrogens is 1. The predicted molar refractivity (Wildman–Crippen MR) is 87.2 cm³/mol. The fourth-order valence-corrected chi connectivity index (χ4v) is 2.42. The van der Waals surface area contributed by atoms with E-state index in [2.05, 4.69) is 4.98 Å². The Morgan fingerprint density at radius 3 is 2.46 bits per heavy atom. The highest BCUT2D eigenvalue weighted by molar-refractivity contribution is 6.03. The fraction of sp³-hybridized carbons (Fsp3) is 0.278. The summed E-state index contributed by atoms with van der Waals surface area (Å²) in [5.41, 5.74) is 2.40. The molecule has 0 radical (unpaired) electrons. The molecule has 1 aromatic heterocycles. The molecule has 124 valence electrons. The van der Waals surface area contributed by atoms with Crippen molar-refractivity contribution < 1.29 is 19.1 Å². The topological polar surface area (TPSA) is 92.2 Å². The van der Waals surface area contributed by atoms with Crippen molar-refractivity contribution in [3.05, 3.63) is 52.3 Å². The summed E-state index contributed by atoms with van der Waals surface area (Å²) in [7, 11) is 0. The van der Waals surface area contributed by atoms with Gasteiger partial charge in [0.1, 0.15) is 11.4 Å². The van der Waals surface area contributed by atoms with Gasteiger partial charge < -0.3 is 14.5 Å². The lowest BCUT2D eigenvalue weighted by atomic mass is 10.1. The number of hydrogen-bond donors (Lipinski definition) is 1. The van der Waals surface area contributed by atoms with Crippen molar-refractivity contribution in [2.75, 3.05) is 13.2 Å². The van der Waals surface area contributed by atoms with E-state index < -0.39 is 5.97 Å². The van der Waals surface area contributed by atoms with Crippen molar-refractivity contribution in [1.29, 1.82) is 5.26 Å². The first-order valence-electron chi connectivity index (χ1n) is 7.50. The standard InChI is InChI=1S/C18H18N2O4/c1-4-23-18(22)17-11(2)16(12(3)20-17)15(21)10-24-14-7-5-13(9-19)6-8-14/h5-8,20H,4,10H2,1-3H3. The van der Waals surface area contributed by atoms with Crippen molar-refractivity contribution in [3.8, 4) is 11.8 Å². The van der Waals surface area contributed by atoms with Crippen LogP contribution in [0.4, 0.5) is 0 Å². The van der Waals surface area contributed by atoms with Crippen LogP contribution in [0.15, 0.2) is 24.3 Å². The van der Waals surface area contributed by atoms with Crippen molar-refractivity contribution >= 4 is 11.8 Å². The summed E-state index contributed by atoms with van der Waals surface area (Å²) in [6.07, 6.45) is 0. The largest absolute Gasteiger partial charge is 0.485 e. The highest BCUT2D eigenvalue weighted by Gasteiger charge is 2.22.